The second kappa shape index (κ2) is 5.14. The van der Waals surface area contributed by atoms with Gasteiger partial charge in [0.25, 0.3) is 0 Å². The van der Waals surface area contributed by atoms with Crippen molar-refractivity contribution in [3.8, 4) is 0 Å². The van der Waals surface area contributed by atoms with Gasteiger partial charge in [-0.2, -0.15) is 0 Å². The molecule has 0 bridgehead atoms. The Morgan fingerprint density at radius 2 is 2.16 bits per heavy atom. The average Bonchev–Trinajstić information content (AvgIpc) is 2.40. The largest absolute Gasteiger partial charge is 0.348 e. The van der Waals surface area contributed by atoms with Crippen molar-refractivity contribution in [2.24, 2.45) is 0 Å². The van der Waals surface area contributed by atoms with Crippen molar-refractivity contribution in [3.05, 3.63) is 57.2 Å². The Bertz CT molecular complexity index is 615. The first-order chi connectivity index (χ1) is 9.18. The van der Waals surface area contributed by atoms with Crippen molar-refractivity contribution in [1.29, 1.82) is 0 Å². The molecule has 0 spiro atoms. The van der Waals surface area contributed by atoms with Gasteiger partial charge in [-0.1, -0.05) is 39.7 Å². The van der Waals surface area contributed by atoms with Crippen LogP contribution in [-0.2, 0) is 6.42 Å². The number of anilines is 1. The van der Waals surface area contributed by atoms with Gasteiger partial charge in [-0.3, -0.25) is 0 Å². The Hall–Kier alpha value is -1.06. The Balaban J connectivity index is 2.05. The topological polar surface area (TPSA) is 16.1 Å². The molecular weight excluding hydrogens is 324 g/mol. The van der Waals surface area contributed by atoms with Crippen LogP contribution in [0.25, 0.3) is 0 Å². The van der Waals surface area contributed by atoms with E-state index >= 15 is 0 Å². The van der Waals surface area contributed by atoms with Crippen molar-refractivity contribution >= 4 is 33.3 Å². The van der Waals surface area contributed by atoms with Gasteiger partial charge in [0.2, 0.25) is 0 Å². The van der Waals surface area contributed by atoms with E-state index in [1.165, 1.54) is 11.1 Å². The third-order valence-electron chi connectivity index (χ3n) is 3.66. The fraction of sp³-hybridized carbons (Fsp3) is 0.267. The van der Waals surface area contributed by atoms with Gasteiger partial charge >= 0.3 is 0 Å². The number of fused-ring (bicyclic) bond motifs is 1. The van der Waals surface area contributed by atoms with Gasteiger partial charge < -0.3 is 4.90 Å². The number of halogens is 2. The maximum atomic E-state index is 6.27. The van der Waals surface area contributed by atoms with Gasteiger partial charge in [0, 0.05) is 17.2 Å². The summed E-state index contributed by atoms with van der Waals surface area (Å²) in [5.41, 5.74) is 2.75. The molecule has 2 aromatic rings. The van der Waals surface area contributed by atoms with Crippen molar-refractivity contribution in [2.45, 2.75) is 19.4 Å². The molecule has 1 aromatic heterocycles. The molecule has 0 saturated heterocycles. The van der Waals surface area contributed by atoms with Crippen LogP contribution >= 0.6 is 27.5 Å². The van der Waals surface area contributed by atoms with Crippen LogP contribution in [0.5, 0.6) is 0 Å². The van der Waals surface area contributed by atoms with E-state index in [4.69, 9.17) is 11.6 Å². The van der Waals surface area contributed by atoms with E-state index < -0.39 is 0 Å². The summed E-state index contributed by atoms with van der Waals surface area (Å²) in [5, 5.41) is 0.713. The summed E-state index contributed by atoms with van der Waals surface area (Å²) in [6.45, 7) is 3.15. The molecule has 98 valence electrons. The van der Waals surface area contributed by atoms with Crippen LogP contribution in [-0.4, -0.2) is 11.5 Å². The highest BCUT2D eigenvalue weighted by Gasteiger charge is 2.27. The molecule has 3 rings (SSSR count). The summed E-state index contributed by atoms with van der Waals surface area (Å²) >= 11 is 9.93. The van der Waals surface area contributed by atoms with E-state index in [-0.39, 0.29) is 6.04 Å². The molecule has 1 aromatic carbocycles. The van der Waals surface area contributed by atoms with Crippen LogP contribution in [0.3, 0.4) is 0 Å². The Kier molecular flexibility index (Phi) is 3.50. The Morgan fingerprint density at radius 3 is 2.95 bits per heavy atom. The molecule has 1 unspecified atom stereocenters. The Labute approximate surface area is 126 Å². The number of hydrogen-bond acceptors (Lipinski definition) is 2. The molecule has 1 atom stereocenters. The molecule has 0 fully saturated rings. The summed E-state index contributed by atoms with van der Waals surface area (Å²) < 4.78 is 1.16. The zero-order chi connectivity index (χ0) is 13.4. The summed E-state index contributed by atoms with van der Waals surface area (Å²) in [6, 6.07) is 10.4. The SMILES string of the molecule is CC1c2c(Br)cccc2CCN1c1ncccc1Cl. The Morgan fingerprint density at radius 1 is 1.32 bits per heavy atom. The van der Waals surface area contributed by atoms with E-state index in [1.807, 2.05) is 12.1 Å². The van der Waals surface area contributed by atoms with Crippen molar-refractivity contribution < 1.29 is 0 Å². The molecule has 0 N–H and O–H groups in total. The summed E-state index contributed by atoms with van der Waals surface area (Å²) in [5.74, 6) is 0.873. The third kappa shape index (κ3) is 2.26. The third-order valence-corrected chi connectivity index (χ3v) is 4.65. The van der Waals surface area contributed by atoms with Crippen LogP contribution in [0, 0.1) is 0 Å². The summed E-state index contributed by atoms with van der Waals surface area (Å²) in [4.78, 5) is 6.71. The molecule has 2 nitrogen and oxygen atoms in total. The number of pyridine rings is 1. The van der Waals surface area contributed by atoms with Gasteiger partial charge in [-0.15, -0.1) is 0 Å². The smallest absolute Gasteiger partial charge is 0.147 e. The average molecular weight is 338 g/mol. The predicted octanol–water partition coefficient (Wildman–Crippen LogP) is 4.62. The summed E-state index contributed by atoms with van der Waals surface area (Å²) in [7, 11) is 0. The van der Waals surface area contributed by atoms with E-state index in [1.54, 1.807) is 6.20 Å². The second-order valence-electron chi connectivity index (χ2n) is 4.74. The lowest BCUT2D eigenvalue weighted by atomic mass is 9.93. The fourth-order valence-electron chi connectivity index (χ4n) is 2.74. The molecule has 0 aliphatic carbocycles. The highest BCUT2D eigenvalue weighted by molar-refractivity contribution is 9.10. The van der Waals surface area contributed by atoms with Crippen molar-refractivity contribution in [3.63, 3.8) is 0 Å². The fourth-order valence-corrected chi connectivity index (χ4v) is 3.70. The molecule has 0 saturated carbocycles. The zero-order valence-corrected chi connectivity index (χ0v) is 12.9. The second-order valence-corrected chi connectivity index (χ2v) is 6.00. The van der Waals surface area contributed by atoms with Gasteiger partial charge in [0.05, 0.1) is 11.1 Å². The standard InChI is InChI=1S/C15H14BrClN2/c1-10-14-11(4-2-5-12(14)16)7-9-19(10)15-13(17)6-3-8-18-15/h2-6,8,10H,7,9H2,1H3. The molecular formula is C15H14BrClN2. The first kappa shape index (κ1) is 12.9. The molecule has 0 radical (unpaired) electrons. The molecule has 19 heavy (non-hydrogen) atoms. The molecule has 0 amide bonds. The lowest BCUT2D eigenvalue weighted by molar-refractivity contribution is 0.615. The van der Waals surface area contributed by atoms with Gasteiger partial charge in [-0.05, 0) is 42.7 Å². The van der Waals surface area contributed by atoms with Crippen LogP contribution in [0.2, 0.25) is 5.02 Å². The summed E-state index contributed by atoms with van der Waals surface area (Å²) in [6.07, 6.45) is 2.81. The lowest BCUT2D eigenvalue weighted by Gasteiger charge is -2.37. The lowest BCUT2D eigenvalue weighted by Crippen LogP contribution is -2.35. The van der Waals surface area contributed by atoms with Crippen LogP contribution in [0.4, 0.5) is 5.82 Å². The minimum Gasteiger partial charge on any atom is -0.348 e. The minimum absolute atomic E-state index is 0.270. The highest BCUT2D eigenvalue weighted by atomic mass is 79.9. The maximum absolute atomic E-state index is 6.27. The molecule has 2 heterocycles. The zero-order valence-electron chi connectivity index (χ0n) is 10.6. The van der Waals surface area contributed by atoms with E-state index in [9.17, 15) is 0 Å². The molecule has 1 aliphatic heterocycles. The number of benzene rings is 1. The first-order valence-corrected chi connectivity index (χ1v) is 7.50. The van der Waals surface area contributed by atoms with E-state index in [0.717, 1.165) is 23.3 Å². The van der Waals surface area contributed by atoms with Crippen LogP contribution in [0.1, 0.15) is 24.1 Å². The van der Waals surface area contributed by atoms with Gasteiger partial charge in [0.15, 0.2) is 0 Å². The minimum atomic E-state index is 0.270. The van der Waals surface area contributed by atoms with Crippen LogP contribution in [0.15, 0.2) is 41.0 Å². The number of hydrogen-bond donors (Lipinski definition) is 0. The maximum Gasteiger partial charge on any atom is 0.147 e. The normalized spacial score (nSPS) is 18.3. The van der Waals surface area contributed by atoms with Gasteiger partial charge in [0.1, 0.15) is 5.82 Å². The van der Waals surface area contributed by atoms with E-state index in [0.29, 0.717) is 5.02 Å². The number of nitrogens with zero attached hydrogens (tertiary/aromatic N) is 2. The molecule has 1 aliphatic rings. The monoisotopic (exact) mass is 336 g/mol. The quantitative estimate of drug-likeness (QED) is 0.755. The number of aromatic nitrogens is 1. The van der Waals surface area contributed by atoms with Crippen molar-refractivity contribution in [1.82, 2.24) is 4.98 Å². The molecule has 4 heteroatoms. The first-order valence-electron chi connectivity index (χ1n) is 6.33. The highest BCUT2D eigenvalue weighted by Crippen LogP contribution is 2.38. The predicted molar refractivity (Wildman–Crippen MR) is 82.9 cm³/mol. The van der Waals surface area contributed by atoms with Crippen molar-refractivity contribution in [2.75, 3.05) is 11.4 Å². The van der Waals surface area contributed by atoms with E-state index in [2.05, 4.69) is 50.9 Å². The number of rotatable bonds is 1. The van der Waals surface area contributed by atoms with Crippen LogP contribution < -0.4 is 4.90 Å². The van der Waals surface area contributed by atoms with Gasteiger partial charge in [-0.25, -0.2) is 4.98 Å².